The van der Waals surface area contributed by atoms with Crippen LogP contribution in [0.3, 0.4) is 0 Å². The largest absolute Gasteiger partial charge is 0.395 e. The van der Waals surface area contributed by atoms with Gasteiger partial charge in [-0.3, -0.25) is 19.3 Å². The van der Waals surface area contributed by atoms with Gasteiger partial charge in [0.15, 0.2) is 11.7 Å². The number of benzene rings is 2. The van der Waals surface area contributed by atoms with Crippen LogP contribution in [0.15, 0.2) is 60.0 Å². The molecule has 0 radical (unpaired) electrons. The molecule has 1 aliphatic rings. The maximum atomic E-state index is 14.3. The van der Waals surface area contributed by atoms with Crippen LogP contribution in [0.25, 0.3) is 10.8 Å². The van der Waals surface area contributed by atoms with Gasteiger partial charge in [-0.1, -0.05) is 61.7 Å². The first kappa shape index (κ1) is 24.9. The van der Waals surface area contributed by atoms with Crippen LogP contribution in [0, 0.1) is 0 Å². The number of nitrogens with zero attached hydrogens (tertiary/aromatic N) is 2. The van der Waals surface area contributed by atoms with Crippen molar-refractivity contribution in [1.29, 1.82) is 0 Å². The second-order valence-corrected chi connectivity index (χ2v) is 10.8. The van der Waals surface area contributed by atoms with E-state index < -0.39 is 17.9 Å². The Morgan fingerprint density at radius 1 is 1.00 bits per heavy atom. The van der Waals surface area contributed by atoms with E-state index in [-0.39, 0.29) is 28.2 Å². The fourth-order valence-corrected chi connectivity index (χ4v) is 6.43. The van der Waals surface area contributed by atoms with Crippen LogP contribution < -0.4 is 21.7 Å². The standard InChI is InChI=1S/C27H27N5O3S2/c28-21-22(25(29)33)31-37-24(21)27(35)32(19-13-6-9-16-8-4-5-12-18(16)19)23(20-14-7-15-36-20)26(34)30-17-10-2-1-3-11-17/h4-9,12-15,17,23H,1-3,10-11,28H2,(H2,29,33)(H,30,34)/t23-/m1/s1. The molecule has 0 saturated heterocycles. The van der Waals surface area contributed by atoms with Gasteiger partial charge in [-0.2, -0.15) is 4.37 Å². The summed E-state index contributed by atoms with van der Waals surface area (Å²) in [5.41, 5.74) is 11.9. The summed E-state index contributed by atoms with van der Waals surface area (Å²) < 4.78 is 4.03. The van der Waals surface area contributed by atoms with E-state index in [0.29, 0.717) is 10.6 Å². The van der Waals surface area contributed by atoms with Crippen molar-refractivity contribution in [2.75, 3.05) is 10.6 Å². The normalized spacial score (nSPS) is 14.8. The lowest BCUT2D eigenvalue weighted by molar-refractivity contribution is -0.123. The van der Waals surface area contributed by atoms with E-state index in [2.05, 4.69) is 9.69 Å². The number of thiophene rings is 1. The topological polar surface area (TPSA) is 131 Å². The third kappa shape index (κ3) is 4.94. The highest BCUT2D eigenvalue weighted by molar-refractivity contribution is 7.10. The first-order valence-electron chi connectivity index (χ1n) is 12.2. The molecule has 2 aromatic carbocycles. The number of amides is 3. The molecule has 1 aliphatic carbocycles. The zero-order chi connectivity index (χ0) is 25.9. The van der Waals surface area contributed by atoms with Crippen molar-refractivity contribution in [2.45, 2.75) is 44.2 Å². The van der Waals surface area contributed by atoms with Gasteiger partial charge in [0.2, 0.25) is 5.91 Å². The number of hydrogen-bond donors (Lipinski definition) is 3. The first-order valence-corrected chi connectivity index (χ1v) is 13.8. The van der Waals surface area contributed by atoms with Gasteiger partial charge in [0, 0.05) is 16.3 Å². The fourth-order valence-electron chi connectivity index (χ4n) is 4.87. The minimum absolute atomic E-state index is 0.0584. The first-order chi connectivity index (χ1) is 18.0. The molecular formula is C27H27N5O3S2. The molecule has 0 bridgehead atoms. The minimum atomic E-state index is -0.946. The van der Waals surface area contributed by atoms with Gasteiger partial charge in [0.1, 0.15) is 4.88 Å². The molecule has 2 aromatic heterocycles. The Morgan fingerprint density at radius 2 is 1.76 bits per heavy atom. The Morgan fingerprint density at radius 3 is 2.46 bits per heavy atom. The van der Waals surface area contributed by atoms with Crippen LogP contribution in [0.1, 0.15) is 63.2 Å². The number of carbonyl (C=O) groups excluding carboxylic acids is 3. The Bertz CT molecular complexity index is 1440. The van der Waals surface area contributed by atoms with E-state index in [4.69, 9.17) is 11.5 Å². The quantitative estimate of drug-likeness (QED) is 0.312. The van der Waals surface area contributed by atoms with E-state index in [0.717, 1.165) is 54.4 Å². The number of hydrogen-bond acceptors (Lipinski definition) is 7. The summed E-state index contributed by atoms with van der Waals surface area (Å²) in [4.78, 5) is 42.3. The molecule has 3 amide bonds. The summed E-state index contributed by atoms with van der Waals surface area (Å²) in [7, 11) is 0. The summed E-state index contributed by atoms with van der Waals surface area (Å²) in [5.74, 6) is -1.58. The van der Waals surface area contributed by atoms with E-state index in [1.165, 1.54) is 16.2 Å². The van der Waals surface area contributed by atoms with Crippen molar-refractivity contribution in [3.63, 3.8) is 0 Å². The summed E-state index contributed by atoms with van der Waals surface area (Å²) in [6.07, 6.45) is 5.11. The maximum Gasteiger partial charge on any atom is 0.273 e. The third-order valence-corrected chi connectivity index (χ3v) is 8.45. The minimum Gasteiger partial charge on any atom is -0.395 e. The van der Waals surface area contributed by atoms with Crippen LogP contribution in [0.5, 0.6) is 0 Å². The molecule has 10 heteroatoms. The number of anilines is 2. The molecule has 2 heterocycles. The van der Waals surface area contributed by atoms with Crippen LogP contribution in [-0.2, 0) is 4.79 Å². The predicted octanol–water partition coefficient (Wildman–Crippen LogP) is 4.88. The monoisotopic (exact) mass is 533 g/mol. The number of rotatable bonds is 7. The lowest BCUT2D eigenvalue weighted by Crippen LogP contribution is -2.47. The molecule has 0 aliphatic heterocycles. The molecule has 1 saturated carbocycles. The number of nitrogen functional groups attached to an aromatic ring is 1. The SMILES string of the molecule is NC(=O)c1nsc(C(=O)N(c2cccc3ccccc23)[C@@H](C(=O)NC2CCCCC2)c2cccs2)c1N. The highest BCUT2D eigenvalue weighted by Gasteiger charge is 2.38. The summed E-state index contributed by atoms with van der Waals surface area (Å²) in [6.45, 7) is 0. The van der Waals surface area contributed by atoms with Crippen LogP contribution in [-0.4, -0.2) is 28.1 Å². The number of aromatic nitrogens is 1. The Hall–Kier alpha value is -3.76. The van der Waals surface area contributed by atoms with Crippen molar-refractivity contribution in [3.05, 3.63) is 75.4 Å². The Balaban J connectivity index is 1.67. The molecule has 5 rings (SSSR count). The predicted molar refractivity (Wildman–Crippen MR) is 148 cm³/mol. The fraction of sp³-hybridized carbons (Fsp3) is 0.259. The number of fused-ring (bicyclic) bond motifs is 1. The molecular weight excluding hydrogens is 506 g/mol. The van der Waals surface area contributed by atoms with Crippen molar-refractivity contribution in [2.24, 2.45) is 5.73 Å². The van der Waals surface area contributed by atoms with E-state index >= 15 is 0 Å². The van der Waals surface area contributed by atoms with E-state index in [1.807, 2.05) is 60.0 Å². The highest BCUT2D eigenvalue weighted by Crippen LogP contribution is 2.38. The molecule has 1 atom stereocenters. The van der Waals surface area contributed by atoms with Gasteiger partial charge in [-0.15, -0.1) is 11.3 Å². The summed E-state index contributed by atoms with van der Waals surface area (Å²) >= 11 is 2.21. The van der Waals surface area contributed by atoms with Crippen LogP contribution in [0.4, 0.5) is 11.4 Å². The summed E-state index contributed by atoms with van der Waals surface area (Å²) in [6, 6.07) is 16.1. The van der Waals surface area contributed by atoms with Gasteiger partial charge >= 0.3 is 0 Å². The van der Waals surface area contributed by atoms with Crippen molar-refractivity contribution >= 4 is 62.7 Å². The molecule has 8 nitrogen and oxygen atoms in total. The van der Waals surface area contributed by atoms with Crippen molar-refractivity contribution < 1.29 is 14.4 Å². The third-order valence-electron chi connectivity index (χ3n) is 6.67. The molecule has 1 fully saturated rings. The smallest absolute Gasteiger partial charge is 0.273 e. The zero-order valence-corrected chi connectivity index (χ0v) is 21.7. The van der Waals surface area contributed by atoms with Gasteiger partial charge in [0.05, 0.1) is 11.4 Å². The van der Waals surface area contributed by atoms with E-state index in [1.54, 1.807) is 0 Å². The Kier molecular flexibility index (Phi) is 7.20. The van der Waals surface area contributed by atoms with Crippen LogP contribution >= 0.6 is 22.9 Å². The number of nitrogens with one attached hydrogen (secondary N) is 1. The van der Waals surface area contributed by atoms with Crippen molar-refractivity contribution in [3.8, 4) is 0 Å². The molecule has 0 unspecified atom stereocenters. The molecule has 4 aromatic rings. The molecule has 190 valence electrons. The number of carbonyl (C=O) groups is 3. The van der Waals surface area contributed by atoms with Gasteiger partial charge in [-0.05, 0) is 47.3 Å². The van der Waals surface area contributed by atoms with Gasteiger partial charge in [-0.25, -0.2) is 0 Å². The lowest BCUT2D eigenvalue weighted by Gasteiger charge is -2.33. The number of primary amides is 1. The second-order valence-electron chi connectivity index (χ2n) is 9.07. The maximum absolute atomic E-state index is 14.3. The van der Waals surface area contributed by atoms with Crippen molar-refractivity contribution in [1.82, 2.24) is 9.69 Å². The number of nitrogens with two attached hydrogens (primary N) is 2. The zero-order valence-electron chi connectivity index (χ0n) is 20.1. The van der Waals surface area contributed by atoms with Gasteiger partial charge in [0.25, 0.3) is 11.8 Å². The van der Waals surface area contributed by atoms with E-state index in [9.17, 15) is 14.4 Å². The van der Waals surface area contributed by atoms with Crippen LogP contribution in [0.2, 0.25) is 0 Å². The second kappa shape index (κ2) is 10.7. The van der Waals surface area contributed by atoms with Gasteiger partial charge < -0.3 is 16.8 Å². The average molecular weight is 534 g/mol. The average Bonchev–Trinajstić information content (AvgIpc) is 3.57. The lowest BCUT2D eigenvalue weighted by atomic mass is 9.95. The Labute approximate surface area is 222 Å². The highest BCUT2D eigenvalue weighted by atomic mass is 32.1. The molecule has 0 spiro atoms. The molecule has 37 heavy (non-hydrogen) atoms. The summed E-state index contributed by atoms with van der Waals surface area (Å²) in [5, 5.41) is 6.82. The molecule has 5 N–H and O–H groups in total.